The number of hydrogen-bond donors (Lipinski definition) is 1. The highest BCUT2D eigenvalue weighted by atomic mass is 35.5. The Balaban J connectivity index is 1.66. The number of fused-ring (bicyclic) bond motifs is 1. The van der Waals surface area contributed by atoms with E-state index in [9.17, 15) is 4.79 Å². The monoisotopic (exact) mass is 389 g/mol. The molecule has 1 aromatic heterocycles. The Morgan fingerprint density at radius 3 is 2.54 bits per heavy atom. The molecule has 0 fully saturated rings. The van der Waals surface area contributed by atoms with E-state index in [1.165, 1.54) is 0 Å². The second-order valence-electron chi connectivity index (χ2n) is 6.73. The van der Waals surface area contributed by atoms with E-state index in [1.807, 2.05) is 61.6 Å². The van der Waals surface area contributed by atoms with Gasteiger partial charge >= 0.3 is 0 Å². The van der Waals surface area contributed by atoms with Crippen LogP contribution in [0.4, 0.5) is 0 Å². The predicted octanol–water partition coefficient (Wildman–Crippen LogP) is 4.94. The zero-order chi connectivity index (χ0) is 19.5. The number of amides is 1. The average Bonchev–Trinajstić information content (AvgIpc) is 3.04. The van der Waals surface area contributed by atoms with E-state index in [-0.39, 0.29) is 11.9 Å². The zero-order valence-corrected chi connectivity index (χ0v) is 16.2. The van der Waals surface area contributed by atoms with Crippen LogP contribution < -0.4 is 5.32 Å². The molecule has 4 nitrogen and oxygen atoms in total. The van der Waals surface area contributed by atoms with Crippen molar-refractivity contribution < 1.29 is 4.79 Å². The fourth-order valence-electron chi connectivity index (χ4n) is 3.37. The molecule has 5 heteroatoms. The fourth-order valence-corrected chi connectivity index (χ4v) is 3.56. The molecule has 0 saturated heterocycles. The van der Waals surface area contributed by atoms with Gasteiger partial charge in [0.1, 0.15) is 5.82 Å². The molecule has 0 bridgehead atoms. The summed E-state index contributed by atoms with van der Waals surface area (Å²) in [5.74, 6) is 0.761. The smallest absolute Gasteiger partial charge is 0.251 e. The molecular formula is C23H20ClN3O. The number of hydrogen-bond acceptors (Lipinski definition) is 2. The van der Waals surface area contributed by atoms with Crippen LogP contribution in [0.5, 0.6) is 0 Å². The van der Waals surface area contributed by atoms with Crippen LogP contribution in [0.1, 0.15) is 27.8 Å². The number of halogens is 1. The molecule has 1 atom stereocenters. The number of aryl methyl sites for hydroxylation is 1. The number of para-hydroxylation sites is 2. The predicted molar refractivity (Wildman–Crippen MR) is 113 cm³/mol. The van der Waals surface area contributed by atoms with E-state index in [2.05, 4.69) is 9.88 Å². The lowest BCUT2D eigenvalue weighted by Gasteiger charge is -2.19. The van der Waals surface area contributed by atoms with Gasteiger partial charge in [-0.3, -0.25) is 4.79 Å². The molecule has 0 aliphatic carbocycles. The van der Waals surface area contributed by atoms with Crippen molar-refractivity contribution in [1.82, 2.24) is 14.9 Å². The maximum atomic E-state index is 12.8. The molecule has 1 amide bonds. The third-order valence-corrected chi connectivity index (χ3v) is 5.10. The lowest BCUT2D eigenvalue weighted by molar-refractivity contribution is 0.0936. The van der Waals surface area contributed by atoms with Gasteiger partial charge < -0.3 is 9.88 Å². The average molecular weight is 390 g/mol. The summed E-state index contributed by atoms with van der Waals surface area (Å²) in [5.41, 5.74) is 3.60. The number of carbonyl (C=O) groups is 1. The molecule has 0 spiro atoms. The van der Waals surface area contributed by atoms with Gasteiger partial charge in [-0.1, -0.05) is 60.1 Å². The molecule has 0 unspecified atom stereocenters. The van der Waals surface area contributed by atoms with E-state index in [0.29, 0.717) is 17.0 Å². The van der Waals surface area contributed by atoms with Crippen molar-refractivity contribution in [2.24, 2.45) is 7.05 Å². The molecule has 28 heavy (non-hydrogen) atoms. The molecule has 0 radical (unpaired) electrons. The molecule has 4 rings (SSSR count). The molecular weight excluding hydrogens is 370 g/mol. The van der Waals surface area contributed by atoms with Crippen molar-refractivity contribution in [2.45, 2.75) is 12.5 Å². The summed E-state index contributed by atoms with van der Waals surface area (Å²) in [5, 5.41) is 3.69. The Hall–Kier alpha value is -3.11. The number of imidazole rings is 1. The quantitative estimate of drug-likeness (QED) is 0.525. The van der Waals surface area contributed by atoms with E-state index in [1.54, 1.807) is 24.3 Å². The van der Waals surface area contributed by atoms with Crippen molar-refractivity contribution in [3.05, 3.63) is 101 Å². The molecule has 1 heterocycles. The molecule has 0 aliphatic rings. The van der Waals surface area contributed by atoms with Crippen LogP contribution >= 0.6 is 11.6 Å². The maximum Gasteiger partial charge on any atom is 0.251 e. The Morgan fingerprint density at radius 2 is 1.79 bits per heavy atom. The van der Waals surface area contributed by atoms with E-state index < -0.39 is 0 Å². The molecule has 140 valence electrons. The van der Waals surface area contributed by atoms with Gasteiger partial charge in [0, 0.05) is 24.1 Å². The highest BCUT2D eigenvalue weighted by Gasteiger charge is 2.19. The highest BCUT2D eigenvalue weighted by molar-refractivity contribution is 6.30. The van der Waals surface area contributed by atoms with E-state index >= 15 is 0 Å². The normalized spacial score (nSPS) is 12.1. The van der Waals surface area contributed by atoms with Crippen LogP contribution in [0.15, 0.2) is 78.9 Å². The number of nitrogens with one attached hydrogen (secondary N) is 1. The number of rotatable bonds is 5. The van der Waals surface area contributed by atoms with Crippen molar-refractivity contribution in [2.75, 3.05) is 0 Å². The van der Waals surface area contributed by atoms with Gasteiger partial charge in [0.15, 0.2) is 0 Å². The highest BCUT2D eigenvalue weighted by Crippen LogP contribution is 2.22. The second-order valence-corrected chi connectivity index (χ2v) is 7.16. The first kappa shape index (κ1) is 18.3. The van der Waals surface area contributed by atoms with Gasteiger partial charge in [-0.25, -0.2) is 4.98 Å². The van der Waals surface area contributed by atoms with Crippen LogP contribution in [0.2, 0.25) is 5.02 Å². The molecule has 1 N–H and O–H groups in total. The Morgan fingerprint density at radius 1 is 1.04 bits per heavy atom. The van der Waals surface area contributed by atoms with Gasteiger partial charge in [0.05, 0.1) is 17.1 Å². The van der Waals surface area contributed by atoms with Crippen molar-refractivity contribution in [1.29, 1.82) is 0 Å². The molecule has 0 aliphatic heterocycles. The van der Waals surface area contributed by atoms with Crippen molar-refractivity contribution in [3.63, 3.8) is 0 Å². The van der Waals surface area contributed by atoms with E-state index in [4.69, 9.17) is 16.6 Å². The molecule has 0 saturated carbocycles. The van der Waals surface area contributed by atoms with Crippen LogP contribution in [-0.4, -0.2) is 15.5 Å². The number of nitrogens with zero attached hydrogens (tertiary/aromatic N) is 2. The minimum atomic E-state index is -0.205. The second kappa shape index (κ2) is 7.87. The summed E-state index contributed by atoms with van der Waals surface area (Å²) in [6, 6.07) is 24.8. The third-order valence-electron chi connectivity index (χ3n) is 4.86. The fraction of sp³-hybridized carbons (Fsp3) is 0.130. The van der Waals surface area contributed by atoms with Crippen molar-refractivity contribution in [3.8, 4) is 0 Å². The minimum Gasteiger partial charge on any atom is -0.345 e. The third kappa shape index (κ3) is 3.78. The van der Waals surface area contributed by atoms with Crippen LogP contribution in [0.25, 0.3) is 11.0 Å². The Kier molecular flexibility index (Phi) is 5.13. The van der Waals surface area contributed by atoms with Gasteiger partial charge in [-0.2, -0.15) is 0 Å². The Labute approximate surface area is 168 Å². The summed E-state index contributed by atoms with van der Waals surface area (Å²) in [4.78, 5) is 17.6. The Bertz CT molecular complexity index is 1120. The summed E-state index contributed by atoms with van der Waals surface area (Å²) >= 11 is 6.04. The molecule has 4 aromatic rings. The van der Waals surface area contributed by atoms with Gasteiger partial charge in [0.2, 0.25) is 0 Å². The molecule has 3 aromatic carbocycles. The lowest BCUT2D eigenvalue weighted by Crippen LogP contribution is -2.30. The summed E-state index contributed by atoms with van der Waals surface area (Å²) in [7, 11) is 2.01. The van der Waals surface area contributed by atoms with Crippen LogP contribution in [-0.2, 0) is 13.5 Å². The number of carbonyl (C=O) groups excluding carboxylic acids is 1. The summed E-state index contributed by atoms with van der Waals surface area (Å²) in [6.45, 7) is 0. The number of aromatic nitrogens is 2. The minimum absolute atomic E-state index is 0.157. The van der Waals surface area contributed by atoms with Crippen LogP contribution in [0, 0.1) is 0 Å². The topological polar surface area (TPSA) is 46.9 Å². The lowest BCUT2D eigenvalue weighted by atomic mass is 10.0. The van der Waals surface area contributed by atoms with Gasteiger partial charge in [-0.15, -0.1) is 0 Å². The standard InChI is InChI=1S/C23H20ClN3O/c1-27-21-13-6-5-12-19(21)25-22(27)15-20(16-8-3-2-4-9-16)26-23(28)17-10-7-11-18(24)14-17/h2-14,20H,15H2,1H3,(H,26,28)/t20-/m1/s1. The first-order chi connectivity index (χ1) is 13.6. The SMILES string of the molecule is Cn1c(C[C@@H](NC(=O)c2cccc(Cl)c2)c2ccccc2)nc2ccccc21. The zero-order valence-electron chi connectivity index (χ0n) is 15.5. The first-order valence-electron chi connectivity index (χ1n) is 9.13. The first-order valence-corrected chi connectivity index (χ1v) is 9.51. The number of benzene rings is 3. The van der Waals surface area contributed by atoms with Crippen LogP contribution in [0.3, 0.4) is 0 Å². The summed E-state index contributed by atoms with van der Waals surface area (Å²) in [6.07, 6.45) is 0.585. The van der Waals surface area contributed by atoms with Gasteiger partial charge in [0.25, 0.3) is 5.91 Å². The largest absolute Gasteiger partial charge is 0.345 e. The maximum absolute atomic E-state index is 12.8. The van der Waals surface area contributed by atoms with Gasteiger partial charge in [-0.05, 0) is 35.9 Å². The van der Waals surface area contributed by atoms with E-state index in [0.717, 1.165) is 22.4 Å². The summed E-state index contributed by atoms with van der Waals surface area (Å²) < 4.78 is 2.08. The van der Waals surface area contributed by atoms with Crippen molar-refractivity contribution >= 4 is 28.5 Å².